The van der Waals surface area contributed by atoms with Crippen molar-refractivity contribution in [1.29, 1.82) is 0 Å². The van der Waals surface area contributed by atoms with Gasteiger partial charge in [-0.05, 0) is 44.9 Å². The van der Waals surface area contributed by atoms with Crippen molar-refractivity contribution in [1.82, 2.24) is 0 Å². The normalized spacial score (nSPS) is 13.3. The Morgan fingerprint density at radius 3 is 0.972 bits per heavy atom. The Labute approximate surface area is 443 Å². The van der Waals surface area contributed by atoms with Crippen LogP contribution in [0.15, 0.2) is 12.2 Å². The summed E-state index contributed by atoms with van der Waals surface area (Å²) in [5.41, 5.74) is 0. The average molecular weight is 1040 g/mol. The highest BCUT2D eigenvalue weighted by molar-refractivity contribution is 7.47. The van der Waals surface area contributed by atoms with E-state index in [2.05, 4.69) is 32.9 Å². The lowest BCUT2D eigenvalue weighted by atomic mass is 10.0. The fourth-order valence-corrected chi connectivity index (χ4v) is 9.78. The molecule has 0 fully saturated rings. The van der Waals surface area contributed by atoms with Crippen LogP contribution in [-0.2, 0) is 42.2 Å². The third-order valence-corrected chi connectivity index (χ3v) is 14.6. The maximum absolute atomic E-state index is 12.9. The van der Waals surface area contributed by atoms with E-state index in [1.807, 2.05) is 0 Å². The molecule has 12 heteroatoms. The van der Waals surface area contributed by atoms with Crippen molar-refractivity contribution in [3.8, 4) is 0 Å². The van der Waals surface area contributed by atoms with Gasteiger partial charge in [-0.25, -0.2) is 4.57 Å². The van der Waals surface area contributed by atoms with Gasteiger partial charge in [0.25, 0.3) is 0 Å². The summed E-state index contributed by atoms with van der Waals surface area (Å²) in [5.74, 6) is -1.44. The summed E-state index contributed by atoms with van der Waals surface area (Å²) in [7, 11) is -4.74. The number of hydrogen-bond acceptors (Lipinski definition) is 10. The van der Waals surface area contributed by atoms with Crippen LogP contribution in [0.5, 0.6) is 0 Å². The van der Waals surface area contributed by atoms with Crippen LogP contribution in [0.1, 0.15) is 316 Å². The third kappa shape index (κ3) is 53.1. The number of hydrogen-bond donors (Lipinski definition) is 2. The molecule has 72 heavy (non-hydrogen) atoms. The second-order valence-electron chi connectivity index (χ2n) is 20.9. The SMILES string of the molecule is CCCCCC/C=C\CCCCCCCC(=O)OC(COC(=O)CCCCCCCCCCCCCCCCCCCCC)COP(=O)(O)OCC(CO)OC(=O)CCCCCCCCCCCCCCC. The highest BCUT2D eigenvalue weighted by atomic mass is 31.2. The molecule has 0 bridgehead atoms. The van der Waals surface area contributed by atoms with Gasteiger partial charge in [-0.1, -0.05) is 264 Å². The molecule has 0 aromatic rings. The van der Waals surface area contributed by atoms with Gasteiger partial charge in [-0.15, -0.1) is 0 Å². The number of esters is 3. The van der Waals surface area contributed by atoms with Gasteiger partial charge in [0.2, 0.25) is 0 Å². The largest absolute Gasteiger partial charge is 0.472 e. The average Bonchev–Trinajstić information content (AvgIpc) is 3.37. The summed E-state index contributed by atoms with van der Waals surface area (Å²) in [6.07, 6.45) is 54.5. The molecule has 2 N–H and O–H groups in total. The minimum Gasteiger partial charge on any atom is -0.462 e. The van der Waals surface area contributed by atoms with Gasteiger partial charge in [0.1, 0.15) is 12.7 Å². The van der Waals surface area contributed by atoms with Gasteiger partial charge in [0.15, 0.2) is 6.10 Å². The van der Waals surface area contributed by atoms with Gasteiger partial charge in [0, 0.05) is 19.3 Å². The Bertz CT molecular complexity index is 1260. The van der Waals surface area contributed by atoms with Crippen LogP contribution in [0.4, 0.5) is 0 Å². The number of phosphoric acid groups is 1. The van der Waals surface area contributed by atoms with Crippen LogP contribution >= 0.6 is 7.82 Å². The van der Waals surface area contributed by atoms with Crippen molar-refractivity contribution in [2.24, 2.45) is 0 Å². The fourth-order valence-electron chi connectivity index (χ4n) is 9.00. The van der Waals surface area contributed by atoms with Crippen molar-refractivity contribution in [2.75, 3.05) is 26.4 Å². The molecule has 0 aliphatic rings. The second kappa shape index (κ2) is 55.5. The van der Waals surface area contributed by atoms with E-state index < -0.39 is 57.8 Å². The molecule has 0 aromatic carbocycles. The first-order chi connectivity index (χ1) is 35.2. The molecule has 0 aromatic heterocycles. The molecule has 0 saturated carbocycles. The topological polar surface area (TPSA) is 155 Å². The predicted molar refractivity (Wildman–Crippen MR) is 298 cm³/mol. The van der Waals surface area contributed by atoms with E-state index >= 15 is 0 Å². The Morgan fingerprint density at radius 2 is 0.639 bits per heavy atom. The monoisotopic (exact) mass is 1040 g/mol. The van der Waals surface area contributed by atoms with E-state index in [1.54, 1.807) is 0 Å². The van der Waals surface area contributed by atoms with E-state index in [1.165, 1.54) is 180 Å². The van der Waals surface area contributed by atoms with Gasteiger partial charge in [-0.3, -0.25) is 23.4 Å². The molecule has 3 atom stereocenters. The predicted octanol–water partition coefficient (Wildman–Crippen LogP) is 18.0. The van der Waals surface area contributed by atoms with E-state index in [-0.39, 0.29) is 25.9 Å². The maximum atomic E-state index is 12.9. The van der Waals surface area contributed by atoms with Crippen LogP contribution in [0.2, 0.25) is 0 Å². The summed E-state index contributed by atoms with van der Waals surface area (Å²) in [5, 5.41) is 9.81. The Hall–Kier alpha value is -1.78. The Balaban J connectivity index is 4.62. The first kappa shape index (κ1) is 70.2. The van der Waals surface area contributed by atoms with Gasteiger partial charge < -0.3 is 24.2 Å². The first-order valence-electron chi connectivity index (χ1n) is 30.6. The lowest BCUT2D eigenvalue weighted by Gasteiger charge is -2.21. The third-order valence-electron chi connectivity index (χ3n) is 13.7. The zero-order chi connectivity index (χ0) is 52.7. The molecular formula is C60H115O11P. The Morgan fingerprint density at radius 1 is 0.375 bits per heavy atom. The highest BCUT2D eigenvalue weighted by Gasteiger charge is 2.28. The molecule has 426 valence electrons. The standard InChI is InChI=1S/C60H115O11P/c1-4-7-10-13-16-19-22-25-26-27-28-29-30-33-34-37-40-43-46-49-58(62)67-53-57(71-60(64)51-48-45-42-39-36-32-24-21-18-15-12-9-6-3)55-69-72(65,66)68-54-56(52-61)70-59(63)50-47-44-41-38-35-31-23-20-17-14-11-8-5-2/h21,24,56-57,61H,4-20,22-23,25-55H2,1-3H3,(H,65,66)/b24-21-. The van der Waals surface area contributed by atoms with Crippen molar-refractivity contribution >= 4 is 25.7 Å². The second-order valence-corrected chi connectivity index (χ2v) is 22.3. The van der Waals surface area contributed by atoms with Crippen LogP contribution in [-0.4, -0.2) is 66.5 Å². The molecule has 0 saturated heterocycles. The molecule has 0 rings (SSSR count). The van der Waals surface area contributed by atoms with Crippen LogP contribution in [0.3, 0.4) is 0 Å². The highest BCUT2D eigenvalue weighted by Crippen LogP contribution is 2.43. The number of phosphoric ester groups is 1. The molecule has 0 aliphatic heterocycles. The summed E-state index contributed by atoms with van der Waals surface area (Å²) in [4.78, 5) is 48.6. The van der Waals surface area contributed by atoms with E-state index in [0.29, 0.717) is 19.3 Å². The van der Waals surface area contributed by atoms with Gasteiger partial charge in [-0.2, -0.15) is 0 Å². The lowest BCUT2D eigenvalue weighted by molar-refractivity contribution is -0.161. The number of carbonyl (C=O) groups excluding carboxylic acids is 3. The number of ether oxygens (including phenoxy) is 3. The van der Waals surface area contributed by atoms with Gasteiger partial charge >= 0.3 is 25.7 Å². The van der Waals surface area contributed by atoms with Gasteiger partial charge in [0.05, 0.1) is 19.8 Å². The molecular weight excluding hydrogens is 928 g/mol. The summed E-state index contributed by atoms with van der Waals surface area (Å²) in [6.45, 7) is 4.69. The molecule has 0 amide bonds. The summed E-state index contributed by atoms with van der Waals surface area (Å²) < 4.78 is 39.6. The Kier molecular flexibility index (Phi) is 54.1. The molecule has 0 spiro atoms. The van der Waals surface area contributed by atoms with Crippen LogP contribution in [0, 0.1) is 0 Å². The van der Waals surface area contributed by atoms with E-state index in [4.69, 9.17) is 23.3 Å². The molecule has 0 aliphatic carbocycles. The number of carbonyl (C=O) groups is 3. The number of rotatable bonds is 58. The molecule has 0 heterocycles. The van der Waals surface area contributed by atoms with E-state index in [9.17, 15) is 28.9 Å². The smallest absolute Gasteiger partial charge is 0.462 e. The van der Waals surface area contributed by atoms with E-state index in [0.717, 1.165) is 77.0 Å². The quantitative estimate of drug-likeness (QED) is 0.0197. The molecule has 3 unspecified atom stereocenters. The lowest BCUT2D eigenvalue weighted by Crippen LogP contribution is -2.30. The molecule has 0 radical (unpaired) electrons. The van der Waals surface area contributed by atoms with Crippen molar-refractivity contribution in [3.05, 3.63) is 12.2 Å². The van der Waals surface area contributed by atoms with Crippen molar-refractivity contribution in [2.45, 2.75) is 328 Å². The van der Waals surface area contributed by atoms with Crippen molar-refractivity contribution < 1.29 is 52.2 Å². The zero-order valence-corrected chi connectivity index (χ0v) is 48.1. The molecule has 11 nitrogen and oxygen atoms in total. The van der Waals surface area contributed by atoms with Crippen molar-refractivity contribution in [3.63, 3.8) is 0 Å². The minimum absolute atomic E-state index is 0.164. The first-order valence-corrected chi connectivity index (χ1v) is 32.1. The van der Waals surface area contributed by atoms with Crippen LogP contribution in [0.25, 0.3) is 0 Å². The summed E-state index contributed by atoms with van der Waals surface area (Å²) >= 11 is 0. The number of aliphatic hydroxyl groups excluding tert-OH is 1. The zero-order valence-electron chi connectivity index (χ0n) is 47.2. The minimum atomic E-state index is -4.74. The fraction of sp³-hybridized carbons (Fsp3) is 0.917. The summed E-state index contributed by atoms with van der Waals surface area (Å²) in [6, 6.07) is 0. The maximum Gasteiger partial charge on any atom is 0.472 e. The number of allylic oxidation sites excluding steroid dienone is 2. The number of unbranched alkanes of at least 4 members (excludes halogenated alkanes) is 39. The number of aliphatic hydroxyl groups is 1. The van der Waals surface area contributed by atoms with Crippen LogP contribution < -0.4 is 0 Å².